The minimum absolute atomic E-state index is 0.00772. The Bertz CT molecular complexity index is 877. The van der Waals surface area contributed by atoms with Crippen LogP contribution in [-0.4, -0.2) is 40.8 Å². The summed E-state index contributed by atoms with van der Waals surface area (Å²) in [4.78, 5) is 31.6. The molecule has 1 aromatic carbocycles. The molecule has 2 amide bonds. The zero-order valence-electron chi connectivity index (χ0n) is 16.6. The van der Waals surface area contributed by atoms with E-state index in [2.05, 4.69) is 10.3 Å². The standard InChI is InChI=1S/C23H27N3O2/c1-16-5-3-4-6-19(16)20-8-7-18(15-24-20)21(27)25-17(2)22(28)26-13-11-23(9-10-23)12-14-26/h3-8,15,17H,9-14H2,1-2H3,(H,25,27)/t17-/m0/s1. The fourth-order valence-electron chi connectivity index (χ4n) is 4.04. The van der Waals surface area contributed by atoms with E-state index in [1.54, 1.807) is 19.2 Å². The average Bonchev–Trinajstić information content (AvgIpc) is 3.47. The summed E-state index contributed by atoms with van der Waals surface area (Å²) < 4.78 is 0. The quantitative estimate of drug-likeness (QED) is 0.886. The number of nitrogens with one attached hydrogen (secondary N) is 1. The van der Waals surface area contributed by atoms with Crippen LogP contribution in [0.5, 0.6) is 0 Å². The lowest BCUT2D eigenvalue weighted by Gasteiger charge is -2.33. The van der Waals surface area contributed by atoms with Crippen LogP contribution in [0, 0.1) is 12.3 Å². The number of hydrogen-bond acceptors (Lipinski definition) is 3. The molecule has 2 heterocycles. The van der Waals surface area contributed by atoms with E-state index in [1.165, 1.54) is 12.8 Å². The van der Waals surface area contributed by atoms with Crippen LogP contribution in [0.25, 0.3) is 11.3 Å². The largest absolute Gasteiger partial charge is 0.341 e. The van der Waals surface area contributed by atoms with Crippen molar-refractivity contribution in [3.05, 3.63) is 53.7 Å². The molecule has 28 heavy (non-hydrogen) atoms. The number of amides is 2. The SMILES string of the molecule is Cc1ccccc1-c1ccc(C(=O)N[C@@H](C)C(=O)N2CCC3(CC2)CC3)cn1. The zero-order valence-corrected chi connectivity index (χ0v) is 16.6. The number of rotatable bonds is 4. The number of nitrogens with zero attached hydrogens (tertiary/aromatic N) is 2. The fraction of sp³-hybridized carbons (Fsp3) is 0.435. The van der Waals surface area contributed by atoms with Crippen LogP contribution in [0.15, 0.2) is 42.6 Å². The molecule has 1 N–H and O–H groups in total. The summed E-state index contributed by atoms with van der Waals surface area (Å²) in [5, 5.41) is 2.83. The van der Waals surface area contributed by atoms with Gasteiger partial charge in [-0.3, -0.25) is 14.6 Å². The summed E-state index contributed by atoms with van der Waals surface area (Å²) in [6, 6.07) is 11.1. The van der Waals surface area contributed by atoms with E-state index in [1.807, 2.05) is 42.2 Å². The second-order valence-corrected chi connectivity index (χ2v) is 8.27. The Morgan fingerprint density at radius 3 is 2.39 bits per heavy atom. The van der Waals surface area contributed by atoms with E-state index in [9.17, 15) is 9.59 Å². The highest BCUT2D eigenvalue weighted by molar-refractivity contribution is 5.97. The number of aromatic nitrogens is 1. The first-order valence-electron chi connectivity index (χ1n) is 10.1. The van der Waals surface area contributed by atoms with Crippen LogP contribution in [0.1, 0.15) is 48.5 Å². The van der Waals surface area contributed by atoms with Gasteiger partial charge in [-0.1, -0.05) is 24.3 Å². The number of pyridine rings is 1. The lowest BCUT2D eigenvalue weighted by atomic mass is 9.93. The summed E-state index contributed by atoms with van der Waals surface area (Å²) in [6.45, 7) is 5.42. The first-order valence-corrected chi connectivity index (χ1v) is 10.1. The molecule has 0 unspecified atom stereocenters. The molecule has 5 heteroatoms. The monoisotopic (exact) mass is 377 g/mol. The van der Waals surface area contributed by atoms with E-state index >= 15 is 0 Å². The van der Waals surface area contributed by atoms with Gasteiger partial charge in [0.15, 0.2) is 0 Å². The molecule has 1 spiro atoms. The molecule has 1 saturated heterocycles. The lowest BCUT2D eigenvalue weighted by molar-refractivity contribution is -0.134. The Morgan fingerprint density at radius 2 is 1.79 bits per heavy atom. The first kappa shape index (κ1) is 18.7. The maximum atomic E-state index is 12.7. The Hall–Kier alpha value is -2.69. The van der Waals surface area contributed by atoms with E-state index in [-0.39, 0.29) is 11.8 Å². The van der Waals surface area contributed by atoms with E-state index in [0.29, 0.717) is 11.0 Å². The molecule has 2 aliphatic rings. The molecular formula is C23H27N3O2. The summed E-state index contributed by atoms with van der Waals surface area (Å²) in [7, 11) is 0. The smallest absolute Gasteiger partial charge is 0.253 e. The van der Waals surface area contributed by atoms with Gasteiger partial charge in [0.05, 0.1) is 11.3 Å². The fourth-order valence-corrected chi connectivity index (χ4v) is 4.04. The van der Waals surface area contributed by atoms with Crippen LogP contribution < -0.4 is 5.32 Å². The van der Waals surface area contributed by atoms with Crippen molar-refractivity contribution in [2.75, 3.05) is 13.1 Å². The third kappa shape index (κ3) is 3.79. The van der Waals surface area contributed by atoms with Crippen LogP contribution >= 0.6 is 0 Å². The van der Waals surface area contributed by atoms with Gasteiger partial charge in [-0.2, -0.15) is 0 Å². The number of carbonyl (C=O) groups excluding carboxylic acids is 2. The molecule has 1 saturated carbocycles. The maximum absolute atomic E-state index is 12.7. The van der Waals surface area contributed by atoms with Gasteiger partial charge >= 0.3 is 0 Å². The normalized spacial score (nSPS) is 18.6. The van der Waals surface area contributed by atoms with Crippen molar-refractivity contribution in [1.82, 2.24) is 15.2 Å². The van der Waals surface area contributed by atoms with Gasteiger partial charge in [-0.15, -0.1) is 0 Å². The highest BCUT2D eigenvalue weighted by Gasteiger charge is 2.45. The first-order chi connectivity index (χ1) is 13.5. The number of carbonyl (C=O) groups is 2. The topological polar surface area (TPSA) is 62.3 Å². The molecule has 2 fully saturated rings. The number of aryl methyl sites for hydroxylation is 1. The zero-order chi connectivity index (χ0) is 19.7. The molecule has 1 atom stereocenters. The number of benzene rings is 1. The van der Waals surface area contributed by atoms with Gasteiger partial charge in [0, 0.05) is 24.8 Å². The van der Waals surface area contributed by atoms with Crippen molar-refractivity contribution in [3.8, 4) is 11.3 Å². The summed E-state index contributed by atoms with van der Waals surface area (Å²) >= 11 is 0. The third-order valence-electron chi connectivity index (χ3n) is 6.26. The molecule has 4 rings (SSSR count). The summed E-state index contributed by atoms with van der Waals surface area (Å²) in [5.41, 5.74) is 4.03. The Morgan fingerprint density at radius 1 is 1.07 bits per heavy atom. The average molecular weight is 377 g/mol. The van der Waals surface area contributed by atoms with E-state index < -0.39 is 6.04 Å². The van der Waals surface area contributed by atoms with Crippen molar-refractivity contribution in [1.29, 1.82) is 0 Å². The van der Waals surface area contributed by atoms with Crippen molar-refractivity contribution >= 4 is 11.8 Å². The van der Waals surface area contributed by atoms with Gasteiger partial charge in [0.1, 0.15) is 6.04 Å². The predicted octanol–water partition coefficient (Wildman–Crippen LogP) is 3.58. The predicted molar refractivity (Wildman–Crippen MR) is 109 cm³/mol. The van der Waals surface area contributed by atoms with Gasteiger partial charge in [-0.05, 0) is 62.6 Å². The molecule has 1 aromatic heterocycles. The molecule has 0 bridgehead atoms. The second kappa shape index (κ2) is 7.38. The molecular weight excluding hydrogens is 350 g/mol. The summed E-state index contributed by atoms with van der Waals surface area (Å²) in [6.07, 6.45) is 6.40. The molecule has 1 aliphatic carbocycles. The second-order valence-electron chi connectivity index (χ2n) is 8.27. The molecule has 146 valence electrons. The van der Waals surface area contributed by atoms with Crippen molar-refractivity contribution in [3.63, 3.8) is 0 Å². The molecule has 5 nitrogen and oxygen atoms in total. The lowest BCUT2D eigenvalue weighted by Crippen LogP contribution is -2.49. The van der Waals surface area contributed by atoms with Crippen LogP contribution in [0.4, 0.5) is 0 Å². The van der Waals surface area contributed by atoms with Crippen LogP contribution in [0.3, 0.4) is 0 Å². The molecule has 0 radical (unpaired) electrons. The number of likely N-dealkylation sites (tertiary alicyclic amines) is 1. The highest BCUT2D eigenvalue weighted by atomic mass is 16.2. The van der Waals surface area contributed by atoms with Crippen molar-refractivity contribution < 1.29 is 9.59 Å². The Labute approximate surface area is 166 Å². The van der Waals surface area contributed by atoms with Gasteiger partial charge in [0.25, 0.3) is 5.91 Å². The van der Waals surface area contributed by atoms with Gasteiger partial charge in [-0.25, -0.2) is 0 Å². The third-order valence-corrected chi connectivity index (χ3v) is 6.26. The molecule has 2 aromatic rings. The van der Waals surface area contributed by atoms with Crippen LogP contribution in [0.2, 0.25) is 0 Å². The highest BCUT2D eigenvalue weighted by Crippen LogP contribution is 2.53. The van der Waals surface area contributed by atoms with E-state index in [4.69, 9.17) is 0 Å². The van der Waals surface area contributed by atoms with Crippen molar-refractivity contribution in [2.24, 2.45) is 5.41 Å². The van der Waals surface area contributed by atoms with Crippen LogP contribution in [-0.2, 0) is 4.79 Å². The van der Waals surface area contributed by atoms with Gasteiger partial charge in [0.2, 0.25) is 5.91 Å². The van der Waals surface area contributed by atoms with E-state index in [0.717, 1.165) is 42.8 Å². The Kier molecular flexibility index (Phi) is 4.92. The minimum atomic E-state index is -0.531. The Balaban J connectivity index is 1.36. The van der Waals surface area contributed by atoms with Gasteiger partial charge < -0.3 is 10.2 Å². The number of piperidine rings is 1. The summed E-state index contributed by atoms with van der Waals surface area (Å²) in [5.74, 6) is -0.256. The minimum Gasteiger partial charge on any atom is -0.341 e. The maximum Gasteiger partial charge on any atom is 0.253 e. The van der Waals surface area contributed by atoms with Crippen molar-refractivity contribution in [2.45, 2.75) is 45.6 Å². The molecule has 1 aliphatic heterocycles. The number of hydrogen-bond donors (Lipinski definition) is 1.